The van der Waals surface area contributed by atoms with Crippen LogP contribution < -0.4 is 5.73 Å². The van der Waals surface area contributed by atoms with Crippen LogP contribution >= 0.6 is 0 Å². The van der Waals surface area contributed by atoms with E-state index in [0.717, 1.165) is 28.2 Å². The molecule has 1 saturated carbocycles. The van der Waals surface area contributed by atoms with Crippen molar-refractivity contribution in [1.29, 1.82) is 0 Å². The number of aromatic nitrogens is 2. The van der Waals surface area contributed by atoms with Gasteiger partial charge in [-0.15, -0.1) is 0 Å². The molecule has 3 rings (SSSR count). The van der Waals surface area contributed by atoms with Crippen LogP contribution in [0, 0.1) is 6.92 Å². The Morgan fingerprint density at radius 1 is 1.41 bits per heavy atom. The second-order valence-electron chi connectivity index (χ2n) is 4.64. The normalized spacial score (nSPS) is 22.7. The second-order valence-corrected chi connectivity index (χ2v) is 4.64. The van der Waals surface area contributed by atoms with Crippen LogP contribution in [0.2, 0.25) is 0 Å². The van der Waals surface area contributed by atoms with Crippen molar-refractivity contribution in [3.8, 4) is 11.3 Å². The molecule has 0 radical (unpaired) electrons. The third-order valence-corrected chi connectivity index (χ3v) is 3.28. The summed E-state index contributed by atoms with van der Waals surface area (Å²) < 4.78 is 12.9. The quantitative estimate of drug-likeness (QED) is 0.781. The minimum absolute atomic E-state index is 0.0130. The Balaban J connectivity index is 1.92. The van der Waals surface area contributed by atoms with E-state index in [-0.39, 0.29) is 5.92 Å². The molecule has 17 heavy (non-hydrogen) atoms. The number of nitrogens with two attached hydrogens (primary N) is 1. The van der Waals surface area contributed by atoms with E-state index in [9.17, 15) is 4.39 Å². The maximum absolute atomic E-state index is 12.9. The zero-order valence-corrected chi connectivity index (χ0v) is 9.57. The first-order valence-electron chi connectivity index (χ1n) is 5.71. The summed E-state index contributed by atoms with van der Waals surface area (Å²) in [5, 5.41) is 7.11. The highest BCUT2D eigenvalue weighted by Gasteiger charge is 2.40. The number of nitrogens with one attached hydrogen (secondary N) is 1. The summed E-state index contributed by atoms with van der Waals surface area (Å²) in [4.78, 5) is 0. The predicted molar refractivity (Wildman–Crippen MR) is 65.4 cm³/mol. The summed E-state index contributed by atoms with van der Waals surface area (Å²) in [5.41, 5.74) is 10.3. The Kier molecular flexibility index (Phi) is 2.18. The Hall–Kier alpha value is -1.84. The minimum atomic E-state index is -0.702. The third kappa shape index (κ3) is 1.79. The highest BCUT2D eigenvalue weighted by molar-refractivity contribution is 5.66. The molecule has 0 amide bonds. The third-order valence-electron chi connectivity index (χ3n) is 3.28. The Labute approximate surface area is 98.8 Å². The molecule has 2 aromatic rings. The van der Waals surface area contributed by atoms with Gasteiger partial charge in [0.15, 0.2) is 0 Å². The molecule has 1 fully saturated rings. The average Bonchev–Trinajstić information content (AvgIpc) is 2.86. The van der Waals surface area contributed by atoms with E-state index in [1.807, 2.05) is 31.2 Å². The van der Waals surface area contributed by atoms with E-state index in [4.69, 9.17) is 5.73 Å². The van der Waals surface area contributed by atoms with Gasteiger partial charge in [0.2, 0.25) is 0 Å². The summed E-state index contributed by atoms with van der Waals surface area (Å²) in [6, 6.07) is 7.75. The van der Waals surface area contributed by atoms with Crippen LogP contribution in [0.5, 0.6) is 0 Å². The molecule has 0 saturated heterocycles. The number of hydrogen-bond acceptors (Lipinski definition) is 2. The van der Waals surface area contributed by atoms with Gasteiger partial charge in [-0.1, -0.05) is 12.1 Å². The van der Waals surface area contributed by atoms with Crippen molar-refractivity contribution in [1.82, 2.24) is 10.2 Å². The lowest BCUT2D eigenvalue weighted by atomic mass is 10.1. The van der Waals surface area contributed by atoms with Gasteiger partial charge in [-0.2, -0.15) is 5.10 Å². The number of alkyl halides is 1. The molecule has 88 valence electrons. The smallest absolute Gasteiger partial charge is 0.109 e. The van der Waals surface area contributed by atoms with Gasteiger partial charge in [-0.25, -0.2) is 4.39 Å². The molecule has 1 heterocycles. The number of nitrogens with zero attached hydrogens (tertiary/aromatic N) is 1. The fraction of sp³-hybridized carbons (Fsp3) is 0.308. The number of rotatable bonds is 2. The van der Waals surface area contributed by atoms with Crippen molar-refractivity contribution in [2.24, 2.45) is 0 Å². The molecule has 1 aromatic carbocycles. The minimum Gasteiger partial charge on any atom is -0.398 e. The number of aromatic amines is 1. The number of benzene rings is 1. The van der Waals surface area contributed by atoms with Crippen molar-refractivity contribution >= 4 is 5.69 Å². The second kappa shape index (κ2) is 3.58. The van der Waals surface area contributed by atoms with Gasteiger partial charge >= 0.3 is 0 Å². The Bertz CT molecular complexity index is 562. The van der Waals surface area contributed by atoms with Crippen molar-refractivity contribution < 1.29 is 4.39 Å². The molecule has 0 unspecified atom stereocenters. The number of hydrogen-bond donors (Lipinski definition) is 2. The molecule has 2 atom stereocenters. The van der Waals surface area contributed by atoms with Crippen LogP contribution in [0.25, 0.3) is 11.3 Å². The summed E-state index contributed by atoms with van der Waals surface area (Å²) in [6.07, 6.45) is -0.0936. The summed E-state index contributed by atoms with van der Waals surface area (Å²) in [7, 11) is 0. The summed E-state index contributed by atoms with van der Waals surface area (Å²) in [6.45, 7) is 1.97. The molecule has 0 aliphatic heterocycles. The van der Waals surface area contributed by atoms with Crippen LogP contribution in [0.3, 0.4) is 0 Å². The highest BCUT2D eigenvalue weighted by atomic mass is 19.1. The van der Waals surface area contributed by atoms with Crippen LogP contribution in [-0.2, 0) is 0 Å². The molecule has 0 bridgehead atoms. The lowest BCUT2D eigenvalue weighted by molar-refractivity contribution is 0.466. The molecule has 3 nitrogen and oxygen atoms in total. The molecule has 1 aliphatic carbocycles. The number of aryl methyl sites for hydroxylation is 1. The molecule has 0 spiro atoms. The number of halogens is 1. The number of H-pyrrole nitrogens is 1. The molecule has 4 heteroatoms. The molecular weight excluding hydrogens is 217 g/mol. The van der Waals surface area contributed by atoms with Crippen LogP contribution in [0.4, 0.5) is 10.1 Å². The summed E-state index contributed by atoms with van der Waals surface area (Å²) >= 11 is 0. The van der Waals surface area contributed by atoms with Gasteiger partial charge in [0, 0.05) is 22.9 Å². The van der Waals surface area contributed by atoms with Gasteiger partial charge in [0.1, 0.15) is 6.17 Å². The standard InChI is InChI=1S/C13H14FN3/c1-7-2-3-8(4-11(7)15)12-6-13(17-16-12)9-5-10(9)14/h2-4,6,9-10H,5,15H2,1H3,(H,16,17)/t9-,10-/m0/s1. The van der Waals surface area contributed by atoms with Gasteiger partial charge in [-0.3, -0.25) is 5.10 Å². The topological polar surface area (TPSA) is 54.7 Å². The van der Waals surface area contributed by atoms with Crippen molar-refractivity contribution in [2.75, 3.05) is 5.73 Å². The highest BCUT2D eigenvalue weighted by Crippen LogP contribution is 2.43. The van der Waals surface area contributed by atoms with Gasteiger partial charge < -0.3 is 5.73 Å². The van der Waals surface area contributed by atoms with Crippen LogP contribution in [-0.4, -0.2) is 16.4 Å². The molecule has 1 aliphatic rings. The fourth-order valence-corrected chi connectivity index (χ4v) is 1.96. The van der Waals surface area contributed by atoms with Gasteiger partial charge in [0.25, 0.3) is 0 Å². The van der Waals surface area contributed by atoms with E-state index in [0.29, 0.717) is 6.42 Å². The van der Waals surface area contributed by atoms with E-state index in [2.05, 4.69) is 10.2 Å². The zero-order chi connectivity index (χ0) is 12.0. The zero-order valence-electron chi connectivity index (χ0n) is 9.57. The summed E-state index contributed by atoms with van der Waals surface area (Å²) in [5.74, 6) is 0.0130. The SMILES string of the molecule is Cc1ccc(-c2cc([C@H]3C[C@@H]3F)[nH]n2)cc1N. The predicted octanol–water partition coefficient (Wildman–Crippen LogP) is 2.79. The van der Waals surface area contributed by atoms with E-state index in [1.54, 1.807) is 0 Å². The van der Waals surface area contributed by atoms with Crippen molar-refractivity contribution in [3.05, 3.63) is 35.5 Å². The maximum Gasteiger partial charge on any atom is 0.109 e. The lowest BCUT2D eigenvalue weighted by Gasteiger charge is -2.01. The number of anilines is 1. The van der Waals surface area contributed by atoms with Crippen LogP contribution in [0.1, 0.15) is 23.6 Å². The first kappa shape index (κ1) is 10.3. The van der Waals surface area contributed by atoms with Gasteiger partial charge in [-0.05, 0) is 31.0 Å². The Morgan fingerprint density at radius 2 is 2.18 bits per heavy atom. The average molecular weight is 231 g/mol. The maximum atomic E-state index is 12.9. The molecular formula is C13H14FN3. The van der Waals surface area contributed by atoms with E-state index >= 15 is 0 Å². The largest absolute Gasteiger partial charge is 0.398 e. The molecule has 3 N–H and O–H groups in total. The molecule has 1 aromatic heterocycles. The first-order chi connectivity index (χ1) is 8.15. The van der Waals surface area contributed by atoms with Crippen LogP contribution in [0.15, 0.2) is 24.3 Å². The first-order valence-corrected chi connectivity index (χ1v) is 5.71. The van der Waals surface area contributed by atoms with E-state index < -0.39 is 6.17 Å². The lowest BCUT2D eigenvalue weighted by Crippen LogP contribution is -1.89. The number of nitrogen functional groups attached to an aromatic ring is 1. The van der Waals surface area contributed by atoms with Gasteiger partial charge in [0.05, 0.1) is 5.69 Å². The van der Waals surface area contributed by atoms with E-state index in [1.165, 1.54) is 0 Å². The Morgan fingerprint density at radius 3 is 2.82 bits per heavy atom. The fourth-order valence-electron chi connectivity index (χ4n) is 1.96. The van der Waals surface area contributed by atoms with Crippen molar-refractivity contribution in [2.45, 2.75) is 25.4 Å². The monoisotopic (exact) mass is 231 g/mol. The van der Waals surface area contributed by atoms with Crippen molar-refractivity contribution in [3.63, 3.8) is 0 Å².